The fourth-order valence-electron chi connectivity index (χ4n) is 1.63. The van der Waals surface area contributed by atoms with E-state index in [2.05, 4.69) is 13.5 Å². The molecule has 72 valence electrons. The van der Waals surface area contributed by atoms with Gasteiger partial charge in [0.15, 0.2) is 0 Å². The minimum absolute atomic E-state index is 0.183. The van der Waals surface area contributed by atoms with Crippen LogP contribution in [-0.4, -0.2) is 13.1 Å². The Kier molecular flexibility index (Phi) is 2.91. The van der Waals surface area contributed by atoms with Crippen molar-refractivity contribution in [1.82, 2.24) is 0 Å². The first kappa shape index (κ1) is 10.0. The first-order valence-electron chi connectivity index (χ1n) is 4.50. The number of allylic oxidation sites excluding steroid dienone is 2. The van der Waals surface area contributed by atoms with Crippen molar-refractivity contribution in [3.05, 3.63) is 23.3 Å². The van der Waals surface area contributed by atoms with Gasteiger partial charge in [-0.3, -0.25) is 0 Å². The van der Waals surface area contributed by atoms with E-state index in [-0.39, 0.29) is 5.97 Å². The third-order valence-electron chi connectivity index (χ3n) is 2.65. The van der Waals surface area contributed by atoms with E-state index in [0.717, 1.165) is 24.0 Å². The van der Waals surface area contributed by atoms with Gasteiger partial charge in [0, 0.05) is 5.57 Å². The Morgan fingerprint density at radius 1 is 1.62 bits per heavy atom. The van der Waals surface area contributed by atoms with Gasteiger partial charge >= 0.3 is 5.97 Å². The Labute approximate surface area is 79.3 Å². The van der Waals surface area contributed by atoms with Gasteiger partial charge in [-0.2, -0.15) is 0 Å². The lowest BCUT2D eigenvalue weighted by atomic mass is 9.82. The van der Waals surface area contributed by atoms with E-state index in [1.165, 1.54) is 12.7 Å². The van der Waals surface area contributed by atoms with Crippen LogP contribution in [0.2, 0.25) is 0 Å². The van der Waals surface area contributed by atoms with Crippen molar-refractivity contribution in [2.75, 3.05) is 7.11 Å². The van der Waals surface area contributed by atoms with Gasteiger partial charge in [0.25, 0.3) is 0 Å². The maximum absolute atomic E-state index is 11.3. The van der Waals surface area contributed by atoms with Crippen molar-refractivity contribution in [3.63, 3.8) is 0 Å². The Hall–Kier alpha value is -1.05. The second kappa shape index (κ2) is 3.77. The zero-order valence-electron chi connectivity index (χ0n) is 8.52. The molecule has 0 saturated heterocycles. The van der Waals surface area contributed by atoms with Crippen molar-refractivity contribution in [3.8, 4) is 0 Å². The number of esters is 1. The van der Waals surface area contributed by atoms with Crippen LogP contribution in [0.15, 0.2) is 23.3 Å². The molecule has 0 aromatic heterocycles. The Balaban J connectivity index is 2.90. The third-order valence-corrected chi connectivity index (χ3v) is 2.65. The molecule has 0 saturated carbocycles. The molecule has 0 aromatic carbocycles. The van der Waals surface area contributed by atoms with Crippen molar-refractivity contribution in [2.24, 2.45) is 5.92 Å². The summed E-state index contributed by atoms with van der Waals surface area (Å²) in [7, 11) is 1.43. The second-order valence-electron chi connectivity index (χ2n) is 3.69. The van der Waals surface area contributed by atoms with E-state index in [9.17, 15) is 4.79 Å². The lowest BCUT2D eigenvalue weighted by Crippen LogP contribution is -2.16. The molecule has 1 aliphatic carbocycles. The third kappa shape index (κ3) is 2.00. The second-order valence-corrected chi connectivity index (χ2v) is 3.69. The molecule has 0 aromatic rings. The molecular formula is C11H16O2. The van der Waals surface area contributed by atoms with Crippen molar-refractivity contribution >= 4 is 5.97 Å². The minimum Gasteiger partial charge on any atom is -0.466 e. The summed E-state index contributed by atoms with van der Waals surface area (Å²) < 4.78 is 4.72. The summed E-state index contributed by atoms with van der Waals surface area (Å²) in [6.07, 6.45) is 1.61. The first-order chi connectivity index (χ1) is 6.06. The highest BCUT2D eigenvalue weighted by molar-refractivity contribution is 5.89. The van der Waals surface area contributed by atoms with Crippen LogP contribution in [0.4, 0.5) is 0 Å². The molecule has 0 radical (unpaired) electrons. The first-order valence-corrected chi connectivity index (χ1v) is 4.50. The molecule has 0 amide bonds. The van der Waals surface area contributed by atoms with E-state index in [1.54, 1.807) is 0 Å². The molecular weight excluding hydrogens is 164 g/mol. The van der Waals surface area contributed by atoms with E-state index >= 15 is 0 Å². The van der Waals surface area contributed by atoms with Crippen LogP contribution in [-0.2, 0) is 9.53 Å². The summed E-state index contributed by atoms with van der Waals surface area (Å²) in [6.45, 7) is 8.05. The smallest absolute Gasteiger partial charge is 0.333 e. The van der Waals surface area contributed by atoms with Gasteiger partial charge in [-0.25, -0.2) is 4.79 Å². The van der Waals surface area contributed by atoms with E-state index < -0.39 is 0 Å². The average Bonchev–Trinajstić information content (AvgIpc) is 2.10. The zero-order chi connectivity index (χ0) is 10.0. The maximum atomic E-state index is 11.3. The van der Waals surface area contributed by atoms with Crippen molar-refractivity contribution < 1.29 is 9.53 Å². The lowest BCUT2D eigenvalue weighted by molar-refractivity contribution is -0.136. The predicted octanol–water partition coefficient (Wildman–Crippen LogP) is 2.46. The normalized spacial score (nSPS) is 23.3. The fraction of sp³-hybridized carbons (Fsp3) is 0.545. The average molecular weight is 180 g/mol. The van der Waals surface area contributed by atoms with Gasteiger partial charge in [0.05, 0.1) is 7.11 Å². The molecule has 0 fully saturated rings. The Bertz CT molecular complexity index is 274. The summed E-state index contributed by atoms with van der Waals surface area (Å²) >= 11 is 0. The highest BCUT2D eigenvalue weighted by Crippen LogP contribution is 2.32. The van der Waals surface area contributed by atoms with E-state index in [1.807, 2.05) is 6.92 Å². The number of ether oxygens (including phenoxy) is 1. The molecule has 13 heavy (non-hydrogen) atoms. The van der Waals surface area contributed by atoms with Crippen LogP contribution in [0.5, 0.6) is 0 Å². The number of carbonyl (C=O) groups is 1. The number of carbonyl (C=O) groups excluding carboxylic acids is 1. The van der Waals surface area contributed by atoms with Crippen LogP contribution in [0, 0.1) is 5.92 Å². The lowest BCUT2D eigenvalue weighted by Gasteiger charge is -2.23. The van der Waals surface area contributed by atoms with Gasteiger partial charge < -0.3 is 4.74 Å². The van der Waals surface area contributed by atoms with Crippen LogP contribution in [0.25, 0.3) is 0 Å². The Morgan fingerprint density at radius 2 is 2.23 bits per heavy atom. The Morgan fingerprint density at radius 3 is 2.77 bits per heavy atom. The minimum atomic E-state index is -0.183. The maximum Gasteiger partial charge on any atom is 0.333 e. The van der Waals surface area contributed by atoms with Gasteiger partial charge in [-0.15, -0.1) is 0 Å². The molecule has 0 unspecified atom stereocenters. The standard InChI is InChI=1S/C11H16O2/c1-7-5-9(3)10(6-8(7)2)11(12)13-4/h8H,1,5-6H2,2-4H3/t8-/m1/s1. The molecule has 0 N–H and O–H groups in total. The SMILES string of the molecule is C=C1CC(C)=C(C(=O)OC)C[C@H]1C. The monoisotopic (exact) mass is 180 g/mol. The van der Waals surface area contributed by atoms with E-state index in [0.29, 0.717) is 5.92 Å². The van der Waals surface area contributed by atoms with Crippen LogP contribution >= 0.6 is 0 Å². The molecule has 0 bridgehead atoms. The number of rotatable bonds is 1. The van der Waals surface area contributed by atoms with Crippen molar-refractivity contribution in [2.45, 2.75) is 26.7 Å². The van der Waals surface area contributed by atoms with Crippen LogP contribution in [0.1, 0.15) is 26.7 Å². The summed E-state index contributed by atoms with van der Waals surface area (Å²) in [4.78, 5) is 11.3. The highest BCUT2D eigenvalue weighted by atomic mass is 16.5. The molecule has 0 spiro atoms. The molecule has 0 heterocycles. The van der Waals surface area contributed by atoms with Crippen LogP contribution in [0.3, 0.4) is 0 Å². The largest absolute Gasteiger partial charge is 0.466 e. The van der Waals surface area contributed by atoms with Gasteiger partial charge in [-0.05, 0) is 25.7 Å². The summed E-state index contributed by atoms with van der Waals surface area (Å²) in [5.74, 6) is 0.217. The van der Waals surface area contributed by atoms with Crippen LogP contribution < -0.4 is 0 Å². The molecule has 1 atom stereocenters. The molecule has 1 aliphatic rings. The topological polar surface area (TPSA) is 26.3 Å². The fourth-order valence-corrected chi connectivity index (χ4v) is 1.63. The van der Waals surface area contributed by atoms with Gasteiger partial charge in [-0.1, -0.05) is 24.6 Å². The molecule has 2 nitrogen and oxygen atoms in total. The molecule has 1 rings (SSSR count). The number of hydrogen-bond donors (Lipinski definition) is 0. The predicted molar refractivity (Wildman–Crippen MR) is 52.3 cm³/mol. The van der Waals surface area contributed by atoms with Gasteiger partial charge in [0.2, 0.25) is 0 Å². The van der Waals surface area contributed by atoms with Gasteiger partial charge in [0.1, 0.15) is 0 Å². The highest BCUT2D eigenvalue weighted by Gasteiger charge is 2.23. The zero-order valence-corrected chi connectivity index (χ0v) is 8.52. The number of hydrogen-bond acceptors (Lipinski definition) is 2. The summed E-state index contributed by atoms with van der Waals surface area (Å²) in [5.41, 5.74) is 3.16. The van der Waals surface area contributed by atoms with Crippen molar-refractivity contribution in [1.29, 1.82) is 0 Å². The van der Waals surface area contributed by atoms with E-state index in [4.69, 9.17) is 4.74 Å². The summed E-state index contributed by atoms with van der Waals surface area (Å²) in [6, 6.07) is 0. The molecule has 0 aliphatic heterocycles. The molecule has 2 heteroatoms. The summed E-state index contributed by atoms with van der Waals surface area (Å²) in [5, 5.41) is 0. The number of methoxy groups -OCH3 is 1. The quantitative estimate of drug-likeness (QED) is 0.457.